The van der Waals surface area contributed by atoms with Gasteiger partial charge in [-0.3, -0.25) is 0 Å². The summed E-state index contributed by atoms with van der Waals surface area (Å²) in [4.78, 5) is 13.9. The first-order valence-corrected chi connectivity index (χ1v) is 6.39. The number of ether oxygens (including phenoxy) is 1. The number of carbonyl (C=O) groups excluding carboxylic acids is 1. The molecule has 1 aromatic carbocycles. The average Bonchev–Trinajstić information content (AvgIpc) is 2.36. The predicted molar refractivity (Wildman–Crippen MR) is 73.6 cm³/mol. The summed E-state index contributed by atoms with van der Waals surface area (Å²) in [5.74, 6) is 0.436. The maximum atomic E-state index is 11.6. The van der Waals surface area contributed by atoms with Crippen LogP contribution < -0.4 is 0 Å². The van der Waals surface area contributed by atoms with Crippen molar-refractivity contribution in [2.24, 2.45) is 5.92 Å². The van der Waals surface area contributed by atoms with E-state index in [1.54, 1.807) is 0 Å². The van der Waals surface area contributed by atoms with Crippen molar-refractivity contribution >= 4 is 5.97 Å². The highest BCUT2D eigenvalue weighted by Gasteiger charge is 2.12. The third-order valence-corrected chi connectivity index (χ3v) is 2.95. The molecule has 0 spiro atoms. The van der Waals surface area contributed by atoms with Gasteiger partial charge in [-0.15, -0.1) is 0 Å². The third kappa shape index (κ3) is 4.49. The fourth-order valence-corrected chi connectivity index (χ4v) is 1.82. The van der Waals surface area contributed by atoms with Gasteiger partial charge in [-0.05, 0) is 37.6 Å². The topological polar surface area (TPSA) is 29.5 Å². The van der Waals surface area contributed by atoms with E-state index < -0.39 is 0 Å². The zero-order valence-electron chi connectivity index (χ0n) is 11.8. The van der Waals surface area contributed by atoms with Gasteiger partial charge >= 0.3 is 5.97 Å². The Morgan fingerprint density at radius 2 is 2.00 bits per heavy atom. The number of nitrogens with zero attached hydrogens (tertiary/aromatic N) is 1. The highest BCUT2D eigenvalue weighted by molar-refractivity contribution is 5.90. The molecule has 0 fully saturated rings. The van der Waals surface area contributed by atoms with E-state index in [0.717, 1.165) is 25.1 Å². The van der Waals surface area contributed by atoms with Crippen LogP contribution in [0.4, 0.5) is 0 Å². The van der Waals surface area contributed by atoms with Crippen LogP contribution in [0.2, 0.25) is 0 Å². The number of hydrogen-bond donors (Lipinski definition) is 0. The summed E-state index contributed by atoms with van der Waals surface area (Å²) >= 11 is 0. The fourth-order valence-electron chi connectivity index (χ4n) is 1.82. The van der Waals surface area contributed by atoms with Gasteiger partial charge in [-0.1, -0.05) is 32.0 Å². The van der Waals surface area contributed by atoms with Crippen LogP contribution in [0.25, 0.3) is 0 Å². The molecule has 0 N–H and O–H groups in total. The Balaban J connectivity index is 2.69. The second-order valence-corrected chi connectivity index (χ2v) is 5.07. The van der Waals surface area contributed by atoms with E-state index in [1.807, 2.05) is 24.3 Å². The smallest absolute Gasteiger partial charge is 0.338 e. The van der Waals surface area contributed by atoms with Crippen molar-refractivity contribution in [3.63, 3.8) is 0 Å². The molecule has 0 unspecified atom stereocenters. The van der Waals surface area contributed by atoms with Gasteiger partial charge in [-0.25, -0.2) is 4.79 Å². The summed E-state index contributed by atoms with van der Waals surface area (Å²) in [5, 5.41) is 0. The van der Waals surface area contributed by atoms with Crippen LogP contribution >= 0.6 is 0 Å². The molecule has 18 heavy (non-hydrogen) atoms. The highest BCUT2D eigenvalue weighted by atomic mass is 16.5. The molecule has 3 heteroatoms. The van der Waals surface area contributed by atoms with Crippen LogP contribution in [0.15, 0.2) is 24.3 Å². The molecular formula is C15H23NO2. The van der Waals surface area contributed by atoms with E-state index in [9.17, 15) is 4.79 Å². The standard InChI is InChI=1S/C15H23NO2/c1-12(2)9-10-16(3)11-13-7-5-6-8-14(13)15(17)18-4/h5-8,12H,9-11H2,1-4H3. The lowest BCUT2D eigenvalue weighted by molar-refractivity contribution is 0.0598. The molecule has 0 saturated heterocycles. The minimum absolute atomic E-state index is 0.261. The molecule has 0 aliphatic heterocycles. The van der Waals surface area contributed by atoms with E-state index in [1.165, 1.54) is 7.11 Å². The molecular weight excluding hydrogens is 226 g/mol. The summed E-state index contributed by atoms with van der Waals surface area (Å²) in [5.41, 5.74) is 1.69. The van der Waals surface area contributed by atoms with Crippen LogP contribution in [-0.2, 0) is 11.3 Å². The lowest BCUT2D eigenvalue weighted by Crippen LogP contribution is -2.22. The zero-order chi connectivity index (χ0) is 13.5. The van der Waals surface area contributed by atoms with E-state index in [4.69, 9.17) is 4.74 Å². The van der Waals surface area contributed by atoms with Gasteiger partial charge in [-0.2, -0.15) is 0 Å². The summed E-state index contributed by atoms with van der Waals surface area (Å²) in [6.07, 6.45) is 1.16. The van der Waals surface area contributed by atoms with E-state index in [2.05, 4.69) is 25.8 Å². The molecule has 0 saturated carbocycles. The maximum absolute atomic E-state index is 11.6. The quantitative estimate of drug-likeness (QED) is 0.726. The third-order valence-electron chi connectivity index (χ3n) is 2.95. The molecule has 0 aromatic heterocycles. The van der Waals surface area contributed by atoms with Gasteiger partial charge in [0.1, 0.15) is 0 Å². The Morgan fingerprint density at radius 1 is 1.33 bits per heavy atom. The first kappa shape index (κ1) is 14.7. The Labute approximate surface area is 110 Å². The van der Waals surface area contributed by atoms with E-state index >= 15 is 0 Å². The van der Waals surface area contributed by atoms with Crippen LogP contribution in [-0.4, -0.2) is 31.6 Å². The molecule has 3 nitrogen and oxygen atoms in total. The second kappa shape index (κ2) is 7.17. The maximum Gasteiger partial charge on any atom is 0.338 e. The lowest BCUT2D eigenvalue weighted by Gasteiger charge is -2.19. The molecule has 0 aliphatic rings. The number of rotatable bonds is 6. The van der Waals surface area contributed by atoms with E-state index in [-0.39, 0.29) is 5.97 Å². The van der Waals surface area contributed by atoms with Crippen molar-refractivity contribution in [1.29, 1.82) is 0 Å². The van der Waals surface area contributed by atoms with E-state index in [0.29, 0.717) is 11.5 Å². The molecule has 0 bridgehead atoms. The Bertz CT molecular complexity index is 388. The minimum Gasteiger partial charge on any atom is -0.465 e. The van der Waals surface area contributed by atoms with Gasteiger partial charge in [0.05, 0.1) is 12.7 Å². The summed E-state index contributed by atoms with van der Waals surface area (Å²) in [6, 6.07) is 7.62. The molecule has 1 rings (SSSR count). The van der Waals surface area contributed by atoms with Crippen LogP contribution in [0, 0.1) is 5.92 Å². The number of carbonyl (C=O) groups is 1. The number of hydrogen-bond acceptors (Lipinski definition) is 3. The SMILES string of the molecule is COC(=O)c1ccccc1CN(C)CCC(C)C. The minimum atomic E-state index is -0.261. The summed E-state index contributed by atoms with van der Waals surface area (Å²) < 4.78 is 4.80. The normalized spacial score (nSPS) is 11.0. The Morgan fingerprint density at radius 3 is 2.61 bits per heavy atom. The Hall–Kier alpha value is -1.35. The summed E-state index contributed by atoms with van der Waals surface area (Å²) in [6.45, 7) is 6.25. The highest BCUT2D eigenvalue weighted by Crippen LogP contribution is 2.13. The summed E-state index contributed by atoms with van der Waals surface area (Å²) in [7, 11) is 3.50. The van der Waals surface area contributed by atoms with Crippen molar-refractivity contribution in [2.75, 3.05) is 20.7 Å². The first-order valence-electron chi connectivity index (χ1n) is 6.39. The van der Waals surface area contributed by atoms with Gasteiger partial charge in [0.2, 0.25) is 0 Å². The Kier molecular flexibility index (Phi) is 5.86. The monoisotopic (exact) mass is 249 g/mol. The molecule has 0 radical (unpaired) electrons. The lowest BCUT2D eigenvalue weighted by atomic mass is 10.1. The largest absolute Gasteiger partial charge is 0.465 e. The van der Waals surface area contributed by atoms with Crippen LogP contribution in [0.5, 0.6) is 0 Å². The van der Waals surface area contributed by atoms with Crippen molar-refractivity contribution in [2.45, 2.75) is 26.8 Å². The zero-order valence-corrected chi connectivity index (χ0v) is 11.8. The van der Waals surface area contributed by atoms with Crippen molar-refractivity contribution in [3.8, 4) is 0 Å². The predicted octanol–water partition coefficient (Wildman–Crippen LogP) is 2.95. The molecule has 0 heterocycles. The molecule has 0 atom stereocenters. The molecule has 1 aromatic rings. The van der Waals surface area contributed by atoms with Crippen LogP contribution in [0.3, 0.4) is 0 Å². The fraction of sp³-hybridized carbons (Fsp3) is 0.533. The van der Waals surface area contributed by atoms with Gasteiger partial charge < -0.3 is 9.64 Å². The van der Waals surface area contributed by atoms with Gasteiger partial charge in [0.15, 0.2) is 0 Å². The number of methoxy groups -OCH3 is 1. The number of benzene rings is 1. The molecule has 0 aliphatic carbocycles. The number of esters is 1. The first-order chi connectivity index (χ1) is 8.54. The van der Waals surface area contributed by atoms with Crippen LogP contribution in [0.1, 0.15) is 36.2 Å². The van der Waals surface area contributed by atoms with Crippen molar-refractivity contribution in [1.82, 2.24) is 4.90 Å². The molecule has 0 amide bonds. The second-order valence-electron chi connectivity index (χ2n) is 5.07. The van der Waals surface area contributed by atoms with Gasteiger partial charge in [0.25, 0.3) is 0 Å². The van der Waals surface area contributed by atoms with Gasteiger partial charge in [0, 0.05) is 6.54 Å². The average molecular weight is 249 g/mol. The van der Waals surface area contributed by atoms with Crippen molar-refractivity contribution < 1.29 is 9.53 Å². The molecule has 100 valence electrons. The van der Waals surface area contributed by atoms with Crippen molar-refractivity contribution in [3.05, 3.63) is 35.4 Å².